The van der Waals surface area contributed by atoms with Gasteiger partial charge in [0, 0.05) is 36.0 Å². The highest BCUT2D eigenvalue weighted by molar-refractivity contribution is 5.79. The highest BCUT2D eigenvalue weighted by Gasteiger charge is 2.09. The number of rotatable bonds is 5. The number of fused-ring (bicyclic) bond motifs is 2. The number of aromatic nitrogens is 6. The van der Waals surface area contributed by atoms with Crippen molar-refractivity contribution in [3.8, 4) is 5.88 Å². The molecule has 0 spiro atoms. The molecule has 142 valence electrons. The third-order valence-corrected chi connectivity index (χ3v) is 4.81. The summed E-state index contributed by atoms with van der Waals surface area (Å²) in [5, 5.41) is 9.67. The number of nitrogens with zero attached hydrogens (tertiary/aromatic N) is 6. The maximum atomic E-state index is 5.21. The monoisotopic (exact) mass is 382 g/mol. The summed E-state index contributed by atoms with van der Waals surface area (Å²) in [6, 6.07) is 18.1. The number of ether oxygens (including phenoxy) is 1. The third-order valence-electron chi connectivity index (χ3n) is 4.81. The van der Waals surface area contributed by atoms with Crippen molar-refractivity contribution < 1.29 is 4.74 Å². The predicted octanol–water partition coefficient (Wildman–Crippen LogP) is 3.42. The lowest BCUT2D eigenvalue weighted by molar-refractivity contribution is 0.397. The van der Waals surface area contributed by atoms with E-state index in [1.165, 1.54) is 0 Å². The van der Waals surface area contributed by atoms with Crippen molar-refractivity contribution in [2.24, 2.45) is 0 Å². The second kappa shape index (κ2) is 7.27. The SMILES string of the molecule is COc1cc(Cc2ccc3nnn(Cc4ccc5ncccc5c4)c3n2)ccn1. The summed E-state index contributed by atoms with van der Waals surface area (Å²) in [4.78, 5) is 13.3. The first-order valence-corrected chi connectivity index (χ1v) is 9.30. The van der Waals surface area contributed by atoms with Crippen LogP contribution in [0.15, 0.2) is 67.0 Å². The Bertz CT molecular complexity index is 1310. The van der Waals surface area contributed by atoms with E-state index in [9.17, 15) is 0 Å². The van der Waals surface area contributed by atoms with Gasteiger partial charge in [-0.2, -0.15) is 0 Å². The molecule has 5 aromatic rings. The summed E-state index contributed by atoms with van der Waals surface area (Å²) in [7, 11) is 1.61. The summed E-state index contributed by atoms with van der Waals surface area (Å²) in [6.45, 7) is 0.598. The van der Waals surface area contributed by atoms with Gasteiger partial charge in [-0.25, -0.2) is 14.6 Å². The number of pyridine rings is 3. The summed E-state index contributed by atoms with van der Waals surface area (Å²) in [6.07, 6.45) is 4.23. The lowest BCUT2D eigenvalue weighted by Crippen LogP contribution is -2.04. The van der Waals surface area contributed by atoms with Crippen LogP contribution in [0, 0.1) is 0 Å². The standard InChI is InChI=1S/C22H18N6O/c1-29-21-13-15(8-10-24-21)12-18-5-7-20-22(25-18)28(27-26-20)14-16-4-6-19-17(11-16)3-2-9-23-19/h2-11,13H,12,14H2,1H3. The van der Waals surface area contributed by atoms with Gasteiger partial charge in [-0.3, -0.25) is 4.98 Å². The van der Waals surface area contributed by atoms with Crippen molar-refractivity contribution in [3.05, 3.63) is 83.8 Å². The molecule has 0 saturated heterocycles. The van der Waals surface area contributed by atoms with Crippen molar-refractivity contribution in [2.45, 2.75) is 13.0 Å². The van der Waals surface area contributed by atoms with Gasteiger partial charge in [0.2, 0.25) is 5.88 Å². The number of benzene rings is 1. The topological polar surface area (TPSA) is 78.6 Å². The minimum absolute atomic E-state index is 0.598. The quantitative estimate of drug-likeness (QED) is 0.463. The van der Waals surface area contributed by atoms with Gasteiger partial charge in [0.25, 0.3) is 0 Å². The fourth-order valence-electron chi connectivity index (χ4n) is 3.38. The van der Waals surface area contributed by atoms with E-state index in [-0.39, 0.29) is 0 Å². The van der Waals surface area contributed by atoms with Crippen LogP contribution < -0.4 is 4.74 Å². The van der Waals surface area contributed by atoms with Crippen LogP contribution in [0.2, 0.25) is 0 Å². The molecule has 0 fully saturated rings. The number of hydrogen-bond donors (Lipinski definition) is 0. The molecule has 5 rings (SSSR count). The summed E-state index contributed by atoms with van der Waals surface area (Å²) in [5.74, 6) is 0.598. The highest BCUT2D eigenvalue weighted by Crippen LogP contribution is 2.18. The molecular weight excluding hydrogens is 364 g/mol. The smallest absolute Gasteiger partial charge is 0.213 e. The van der Waals surface area contributed by atoms with Crippen LogP contribution in [0.1, 0.15) is 16.8 Å². The van der Waals surface area contributed by atoms with Crippen molar-refractivity contribution in [2.75, 3.05) is 7.11 Å². The first-order chi connectivity index (χ1) is 14.3. The normalized spacial score (nSPS) is 11.2. The van der Waals surface area contributed by atoms with E-state index >= 15 is 0 Å². The van der Waals surface area contributed by atoms with Crippen LogP contribution in [0.25, 0.3) is 22.1 Å². The minimum Gasteiger partial charge on any atom is -0.481 e. The van der Waals surface area contributed by atoms with Crippen LogP contribution in [-0.2, 0) is 13.0 Å². The molecule has 7 heteroatoms. The van der Waals surface area contributed by atoms with Gasteiger partial charge in [0.05, 0.1) is 19.2 Å². The van der Waals surface area contributed by atoms with E-state index in [0.29, 0.717) is 18.8 Å². The van der Waals surface area contributed by atoms with Gasteiger partial charge < -0.3 is 4.74 Å². The van der Waals surface area contributed by atoms with Gasteiger partial charge >= 0.3 is 0 Å². The summed E-state index contributed by atoms with van der Waals surface area (Å²) < 4.78 is 7.04. The average molecular weight is 382 g/mol. The second-order valence-electron chi connectivity index (χ2n) is 6.81. The molecule has 0 radical (unpaired) electrons. The van der Waals surface area contributed by atoms with Gasteiger partial charge in [-0.15, -0.1) is 5.10 Å². The Morgan fingerprint density at radius 2 is 1.83 bits per heavy atom. The molecule has 0 aliphatic rings. The maximum absolute atomic E-state index is 5.21. The largest absolute Gasteiger partial charge is 0.481 e. The Hall–Kier alpha value is -3.87. The molecule has 0 N–H and O–H groups in total. The van der Waals surface area contributed by atoms with Crippen molar-refractivity contribution >= 4 is 22.1 Å². The zero-order chi connectivity index (χ0) is 19.6. The zero-order valence-corrected chi connectivity index (χ0v) is 15.9. The lowest BCUT2D eigenvalue weighted by atomic mass is 10.1. The van der Waals surface area contributed by atoms with Crippen LogP contribution in [0.3, 0.4) is 0 Å². The van der Waals surface area contributed by atoms with Gasteiger partial charge in [-0.05, 0) is 47.5 Å². The molecule has 0 aliphatic carbocycles. The van der Waals surface area contributed by atoms with Crippen LogP contribution in [0.4, 0.5) is 0 Å². The van der Waals surface area contributed by atoms with E-state index in [0.717, 1.165) is 38.9 Å². The molecule has 0 aliphatic heterocycles. The second-order valence-corrected chi connectivity index (χ2v) is 6.81. The first-order valence-electron chi connectivity index (χ1n) is 9.30. The van der Waals surface area contributed by atoms with Crippen molar-refractivity contribution in [1.82, 2.24) is 29.9 Å². The Morgan fingerprint density at radius 3 is 2.76 bits per heavy atom. The maximum Gasteiger partial charge on any atom is 0.213 e. The fraction of sp³-hybridized carbons (Fsp3) is 0.136. The van der Waals surface area contributed by atoms with E-state index in [1.807, 2.05) is 41.1 Å². The first kappa shape index (κ1) is 17.2. The zero-order valence-electron chi connectivity index (χ0n) is 15.9. The van der Waals surface area contributed by atoms with Crippen molar-refractivity contribution in [3.63, 3.8) is 0 Å². The van der Waals surface area contributed by atoms with E-state index in [4.69, 9.17) is 9.72 Å². The Balaban J connectivity index is 1.45. The lowest BCUT2D eigenvalue weighted by Gasteiger charge is -2.06. The minimum atomic E-state index is 0.598. The highest BCUT2D eigenvalue weighted by atomic mass is 16.5. The van der Waals surface area contributed by atoms with Crippen LogP contribution in [0.5, 0.6) is 5.88 Å². The molecule has 0 amide bonds. The Morgan fingerprint density at radius 1 is 0.897 bits per heavy atom. The fourth-order valence-corrected chi connectivity index (χ4v) is 3.38. The predicted molar refractivity (Wildman–Crippen MR) is 110 cm³/mol. The Labute approximate surface area is 167 Å². The Kier molecular flexibility index (Phi) is 4.32. The average Bonchev–Trinajstić information content (AvgIpc) is 3.16. The number of hydrogen-bond acceptors (Lipinski definition) is 6. The molecule has 7 nitrogen and oxygen atoms in total. The summed E-state index contributed by atoms with van der Waals surface area (Å²) >= 11 is 0. The molecule has 0 saturated carbocycles. The van der Waals surface area contributed by atoms with Crippen molar-refractivity contribution in [1.29, 1.82) is 0 Å². The van der Waals surface area contributed by atoms with Crippen LogP contribution in [-0.4, -0.2) is 37.1 Å². The summed E-state index contributed by atoms with van der Waals surface area (Å²) in [5.41, 5.74) is 5.69. The molecular formula is C22H18N6O. The molecule has 0 bridgehead atoms. The van der Waals surface area contributed by atoms with E-state index in [1.54, 1.807) is 19.5 Å². The molecule has 4 heterocycles. The molecule has 0 atom stereocenters. The van der Waals surface area contributed by atoms with E-state index in [2.05, 4.69) is 38.5 Å². The van der Waals surface area contributed by atoms with Gasteiger partial charge in [-0.1, -0.05) is 17.3 Å². The number of methoxy groups -OCH3 is 1. The molecule has 0 unspecified atom stereocenters. The van der Waals surface area contributed by atoms with Crippen LogP contribution >= 0.6 is 0 Å². The third kappa shape index (κ3) is 3.50. The molecule has 29 heavy (non-hydrogen) atoms. The van der Waals surface area contributed by atoms with Gasteiger partial charge in [0.1, 0.15) is 5.52 Å². The van der Waals surface area contributed by atoms with Gasteiger partial charge in [0.15, 0.2) is 5.65 Å². The molecule has 1 aromatic carbocycles. The molecule has 4 aromatic heterocycles. The van der Waals surface area contributed by atoms with E-state index < -0.39 is 0 Å².